The Balaban J connectivity index is 0.000000263. The highest BCUT2D eigenvalue weighted by atomic mass is 35.5. The van der Waals surface area contributed by atoms with E-state index in [1.807, 2.05) is 76.7 Å². The lowest BCUT2D eigenvalue weighted by Crippen LogP contribution is -2.11. The van der Waals surface area contributed by atoms with Gasteiger partial charge in [-0.2, -0.15) is 0 Å². The smallest absolute Gasteiger partial charge is 0.341 e. The summed E-state index contributed by atoms with van der Waals surface area (Å²) in [7, 11) is 10.2. The maximum absolute atomic E-state index is 13.8. The maximum Gasteiger partial charge on any atom is 0.341 e. The number of methoxy groups -OCH3 is 1. The summed E-state index contributed by atoms with van der Waals surface area (Å²) in [6.45, 7) is 1.62. The molecule has 1 amide bonds. The van der Waals surface area contributed by atoms with Crippen molar-refractivity contribution in [1.29, 1.82) is 0 Å². The molecule has 0 aliphatic carbocycles. The number of nitrogens with zero attached hydrogens (tertiary/aromatic N) is 2. The second kappa shape index (κ2) is 18.1. The number of fused-ring (bicyclic) bond motifs is 2. The average molecular weight is 758 g/mol. The molecule has 0 spiro atoms. The highest BCUT2D eigenvalue weighted by Crippen LogP contribution is 2.41. The van der Waals surface area contributed by atoms with Gasteiger partial charge < -0.3 is 40.4 Å². The number of halogens is 4. The molecule has 2 heterocycles. The van der Waals surface area contributed by atoms with E-state index in [0.29, 0.717) is 22.3 Å². The lowest BCUT2D eigenvalue weighted by molar-refractivity contribution is 0.0601. The number of ether oxygens (including phenoxy) is 1. The molecule has 6 N–H and O–H groups in total. The number of carbonyl (C=O) groups is 2. The molecule has 0 saturated heterocycles. The summed E-state index contributed by atoms with van der Waals surface area (Å²) in [5, 5.41) is 8.19. The van der Waals surface area contributed by atoms with E-state index in [4.69, 9.17) is 47.6 Å². The van der Waals surface area contributed by atoms with Crippen LogP contribution in [0.2, 0.25) is 10.0 Å². The van der Waals surface area contributed by atoms with E-state index in [2.05, 4.69) is 9.80 Å². The minimum Gasteiger partial charge on any atom is -0.465 e. The van der Waals surface area contributed by atoms with Gasteiger partial charge in [-0.1, -0.05) is 71.7 Å². The molecule has 0 atom stereocenters. The number of aliphatic hydroxyl groups excluding tert-OH is 1. The molecule has 0 aliphatic heterocycles. The van der Waals surface area contributed by atoms with Crippen LogP contribution in [0, 0.1) is 11.6 Å². The van der Waals surface area contributed by atoms with Gasteiger partial charge in [0.25, 0.3) is 5.91 Å². The van der Waals surface area contributed by atoms with Gasteiger partial charge in [-0.3, -0.25) is 4.79 Å². The third-order valence-corrected chi connectivity index (χ3v) is 8.24. The van der Waals surface area contributed by atoms with Crippen molar-refractivity contribution >= 4 is 57.0 Å². The van der Waals surface area contributed by atoms with Crippen molar-refractivity contribution in [3.8, 4) is 22.6 Å². The number of carbonyl (C=O) groups excluding carboxylic acids is 2. The van der Waals surface area contributed by atoms with Crippen LogP contribution in [0.25, 0.3) is 44.6 Å². The number of amides is 1. The van der Waals surface area contributed by atoms with Crippen molar-refractivity contribution in [2.75, 3.05) is 42.4 Å². The van der Waals surface area contributed by atoms with E-state index in [1.165, 1.54) is 19.2 Å². The number of furan rings is 2. The van der Waals surface area contributed by atoms with Crippen molar-refractivity contribution < 1.29 is 37.0 Å². The van der Waals surface area contributed by atoms with Crippen molar-refractivity contribution in [3.05, 3.63) is 117 Å². The monoisotopic (exact) mass is 756 g/mol. The predicted molar refractivity (Wildman–Crippen MR) is 201 cm³/mol. The van der Waals surface area contributed by atoms with Gasteiger partial charge in [0, 0.05) is 42.1 Å². The molecule has 52 heavy (non-hydrogen) atoms. The fraction of sp³-hybridized carbons (Fsp3) is 0.211. The van der Waals surface area contributed by atoms with Gasteiger partial charge in [-0.25, -0.2) is 13.6 Å². The van der Waals surface area contributed by atoms with E-state index in [1.54, 1.807) is 0 Å². The van der Waals surface area contributed by atoms with Crippen LogP contribution < -0.4 is 11.9 Å². The lowest BCUT2D eigenvalue weighted by Gasteiger charge is -2.09. The fourth-order valence-electron chi connectivity index (χ4n) is 5.34. The Morgan fingerprint density at radius 1 is 0.712 bits per heavy atom. The zero-order chi connectivity index (χ0) is 37.6. The normalized spacial score (nSPS) is 10.8. The lowest BCUT2D eigenvalue weighted by atomic mass is 10.1. The summed E-state index contributed by atoms with van der Waals surface area (Å²) in [6.07, 6.45) is 0. The Kier molecular flexibility index (Phi) is 14.5. The molecule has 14 heteroatoms. The molecule has 6 rings (SSSR count). The van der Waals surface area contributed by atoms with Crippen LogP contribution in [0.15, 0.2) is 81.6 Å². The number of nitrogens with two attached hydrogens (primary N) is 1. The molecule has 0 fully saturated rings. The Bertz CT molecular complexity index is 2170. The molecule has 0 radical (unpaired) electrons. The van der Waals surface area contributed by atoms with E-state index in [-0.39, 0.29) is 38.5 Å². The van der Waals surface area contributed by atoms with Gasteiger partial charge in [0.15, 0.2) is 17.1 Å². The van der Waals surface area contributed by atoms with Crippen LogP contribution in [0.5, 0.6) is 0 Å². The molecule has 0 unspecified atom stereocenters. The SMILES string of the molecule is CN(C)Cc1ccc(-c2oc3c(C(N)=O)cc(F)cc3c2Cl)cc1.CO.COC(=O)c1cc(F)cc2c(Cl)c(-c3ccc(CN(C)C)cc3)oc12.N. The van der Waals surface area contributed by atoms with Gasteiger partial charge >= 0.3 is 5.97 Å². The number of hydrogen-bond donors (Lipinski definition) is 3. The largest absolute Gasteiger partial charge is 0.465 e. The van der Waals surface area contributed by atoms with Crippen molar-refractivity contribution in [2.24, 2.45) is 5.73 Å². The summed E-state index contributed by atoms with van der Waals surface area (Å²) in [5.74, 6) is -1.84. The van der Waals surface area contributed by atoms with E-state index >= 15 is 0 Å². The third-order valence-electron chi connectivity index (χ3n) is 7.49. The first-order valence-corrected chi connectivity index (χ1v) is 16.2. The van der Waals surface area contributed by atoms with Gasteiger partial charge in [0.1, 0.15) is 22.8 Å². The number of rotatable bonds is 8. The standard InChI is InChI=1S/C19H17ClFNO3.C18H16ClFN2O2.CH4O.H3N/c1-22(2)10-11-4-6-12(7-5-11)17-16(20)14-8-13(21)9-15(18(14)25-17)19(23)24-3;1-22(2)9-10-3-5-11(6-4-10)16-15(19)13-7-12(20)8-14(18(21)23)17(13)24-16;1-2;/h4-9H,10H2,1-3H3;3-8H,9H2,1-2H3,(H2,21,23);2H,1H3;1H3. The molecule has 2 aromatic heterocycles. The molecule has 10 nitrogen and oxygen atoms in total. The zero-order valence-electron chi connectivity index (χ0n) is 29.5. The second-order valence-corrected chi connectivity index (χ2v) is 12.6. The minimum atomic E-state index is -0.766. The zero-order valence-corrected chi connectivity index (χ0v) is 31.0. The molecule has 0 bridgehead atoms. The van der Waals surface area contributed by atoms with Crippen molar-refractivity contribution in [2.45, 2.75) is 13.1 Å². The van der Waals surface area contributed by atoms with E-state index < -0.39 is 23.5 Å². The van der Waals surface area contributed by atoms with Crippen molar-refractivity contribution in [1.82, 2.24) is 16.0 Å². The molecular formula is C38H40Cl2F2N4O6. The third kappa shape index (κ3) is 9.34. The first-order valence-electron chi connectivity index (χ1n) is 15.4. The van der Waals surface area contributed by atoms with Gasteiger partial charge in [0.2, 0.25) is 0 Å². The summed E-state index contributed by atoms with van der Waals surface area (Å²) in [5.41, 5.74) is 9.47. The molecule has 0 aliphatic rings. The molecule has 6 aromatic rings. The number of hydrogen-bond acceptors (Lipinski definition) is 9. The average Bonchev–Trinajstić information content (AvgIpc) is 3.61. The highest BCUT2D eigenvalue weighted by Gasteiger charge is 2.23. The number of esters is 1. The van der Waals surface area contributed by atoms with E-state index in [9.17, 15) is 18.4 Å². The minimum absolute atomic E-state index is 0. The second-order valence-electron chi connectivity index (χ2n) is 11.9. The molecule has 276 valence electrons. The highest BCUT2D eigenvalue weighted by molar-refractivity contribution is 6.39. The Labute approximate surface area is 309 Å². The van der Waals surface area contributed by atoms with Gasteiger partial charge in [-0.05, 0) is 63.6 Å². The predicted octanol–water partition coefficient (Wildman–Crippen LogP) is 8.56. The van der Waals surface area contributed by atoms with Crippen LogP contribution in [-0.4, -0.2) is 69.2 Å². The molecule has 4 aromatic carbocycles. The quantitative estimate of drug-likeness (QED) is 0.129. The summed E-state index contributed by atoms with van der Waals surface area (Å²) >= 11 is 12.7. The van der Waals surface area contributed by atoms with Gasteiger partial charge in [0.05, 0.1) is 22.7 Å². The first kappa shape index (κ1) is 41.6. The number of aliphatic hydroxyl groups is 1. The van der Waals surface area contributed by atoms with Crippen LogP contribution in [0.4, 0.5) is 8.78 Å². The van der Waals surface area contributed by atoms with E-state index in [0.717, 1.165) is 54.6 Å². The topological polar surface area (TPSA) is 157 Å². The molecular weight excluding hydrogens is 717 g/mol. The Morgan fingerprint density at radius 3 is 1.42 bits per heavy atom. The number of benzene rings is 4. The van der Waals surface area contributed by atoms with Crippen LogP contribution >= 0.6 is 23.2 Å². The van der Waals surface area contributed by atoms with Crippen LogP contribution in [0.3, 0.4) is 0 Å². The van der Waals surface area contributed by atoms with Crippen molar-refractivity contribution in [3.63, 3.8) is 0 Å². The Morgan fingerprint density at radius 2 is 1.08 bits per heavy atom. The summed E-state index contributed by atoms with van der Waals surface area (Å²) in [6, 6.07) is 20.0. The maximum atomic E-state index is 13.8. The first-order chi connectivity index (χ1) is 24.3. The molecule has 0 saturated carbocycles. The van der Waals surface area contributed by atoms with Crippen LogP contribution in [0.1, 0.15) is 31.8 Å². The summed E-state index contributed by atoms with van der Waals surface area (Å²) in [4.78, 5) is 27.5. The summed E-state index contributed by atoms with van der Waals surface area (Å²) < 4.78 is 43.8. The fourth-order valence-corrected chi connectivity index (χ4v) is 5.92. The van der Waals surface area contributed by atoms with Crippen LogP contribution in [-0.2, 0) is 17.8 Å². The van der Waals surface area contributed by atoms with Gasteiger partial charge in [-0.15, -0.1) is 0 Å². The Hall–Kier alpha value is -4.82. The number of primary amides is 1.